The molecule has 1 unspecified atom stereocenters. The molecule has 0 aromatic carbocycles. The molecule has 0 fully saturated rings. The van der Waals surface area contributed by atoms with Gasteiger partial charge in [0.25, 0.3) is 0 Å². The molecule has 0 spiro atoms. The second kappa shape index (κ2) is 9.82. The maximum Gasteiger partial charge on any atom is 0.0220 e. The van der Waals surface area contributed by atoms with Crippen LogP contribution in [0.15, 0.2) is 12.3 Å². The summed E-state index contributed by atoms with van der Waals surface area (Å²) in [7, 11) is -0.589. The van der Waals surface area contributed by atoms with Crippen molar-refractivity contribution in [1.29, 1.82) is 0 Å². The lowest BCUT2D eigenvalue weighted by molar-refractivity contribution is 0.570. The van der Waals surface area contributed by atoms with Gasteiger partial charge < -0.3 is 5.32 Å². The molecule has 0 amide bonds. The molecule has 0 saturated heterocycles. The Bertz CT molecular complexity index is 286. The Labute approximate surface area is 136 Å². The third-order valence-electron chi connectivity index (χ3n) is 4.93. The van der Waals surface area contributed by atoms with E-state index in [4.69, 9.17) is 0 Å². The monoisotopic (exact) mass is 315 g/mol. The van der Waals surface area contributed by atoms with Crippen LogP contribution in [0.25, 0.3) is 0 Å². The molecule has 128 valence electrons. The number of allylic oxidation sites excluding steroid dienone is 1. The van der Waals surface area contributed by atoms with E-state index in [9.17, 15) is 0 Å². The zero-order chi connectivity index (χ0) is 16.6. The summed E-state index contributed by atoms with van der Waals surface area (Å²) < 4.78 is 0. The van der Waals surface area contributed by atoms with Gasteiger partial charge in [0.15, 0.2) is 0 Å². The lowest BCUT2D eigenvalue weighted by atomic mass is 10.1. The molecule has 0 aromatic rings. The number of nitrogens with one attached hydrogen (secondary N) is 1. The molecule has 1 nitrogen and oxygen atoms in total. The predicted octanol–water partition coefficient (Wildman–Crippen LogP) is 5.95. The largest absolute Gasteiger partial charge is 0.388 e. The summed E-state index contributed by atoms with van der Waals surface area (Å²) in [5.41, 5.74) is 1.23. The lowest BCUT2D eigenvalue weighted by Crippen LogP contribution is -2.36. The molecular weight excluding hydrogens is 274 g/mol. The van der Waals surface area contributed by atoms with Crippen LogP contribution < -0.4 is 5.32 Å². The Kier molecular flexibility index (Phi) is 9.76. The van der Waals surface area contributed by atoms with Crippen molar-refractivity contribution in [3.63, 3.8) is 0 Å². The summed E-state index contributed by atoms with van der Waals surface area (Å²) in [6.07, 6.45) is 3.66. The average molecular weight is 316 g/mol. The summed E-state index contributed by atoms with van der Waals surface area (Å²) in [6.45, 7) is 24.5. The molecule has 0 aromatic heterocycles. The first-order valence-electron chi connectivity index (χ1n) is 8.87. The molecule has 0 rings (SSSR count). The molecule has 21 heavy (non-hydrogen) atoms. The maximum absolute atomic E-state index is 4.20. The Morgan fingerprint density at radius 3 is 1.90 bits per heavy atom. The third kappa shape index (κ3) is 6.26. The topological polar surface area (TPSA) is 12.0 Å². The fourth-order valence-electron chi connectivity index (χ4n) is 3.41. The fraction of sp³-hybridized carbons (Fsp3) is 0.895. The smallest absolute Gasteiger partial charge is 0.0220 e. The van der Waals surface area contributed by atoms with Crippen LogP contribution in [0.5, 0.6) is 0 Å². The van der Waals surface area contributed by atoms with E-state index in [1.54, 1.807) is 0 Å². The van der Waals surface area contributed by atoms with Gasteiger partial charge in [-0.05, 0) is 46.7 Å². The second-order valence-electron chi connectivity index (χ2n) is 7.39. The van der Waals surface area contributed by atoms with E-state index in [2.05, 4.69) is 67.3 Å². The second-order valence-corrected chi connectivity index (χ2v) is 12.3. The van der Waals surface area contributed by atoms with Gasteiger partial charge in [0.2, 0.25) is 0 Å². The molecule has 0 heterocycles. The van der Waals surface area contributed by atoms with Crippen molar-refractivity contribution in [2.24, 2.45) is 5.92 Å². The van der Waals surface area contributed by atoms with Crippen LogP contribution in [0.3, 0.4) is 0 Å². The summed E-state index contributed by atoms with van der Waals surface area (Å²) in [4.78, 5) is 0. The Morgan fingerprint density at radius 2 is 1.52 bits per heavy atom. The zero-order valence-corrected chi connectivity index (χ0v) is 16.8. The summed E-state index contributed by atoms with van der Waals surface area (Å²) >= 11 is 0. The molecule has 0 aliphatic rings. The van der Waals surface area contributed by atoms with Gasteiger partial charge in [0, 0.05) is 12.2 Å². The highest BCUT2D eigenvalue weighted by Gasteiger charge is 2.35. The van der Waals surface area contributed by atoms with Gasteiger partial charge in [-0.3, -0.25) is 0 Å². The molecule has 1 N–H and O–H groups in total. The first-order valence-corrected chi connectivity index (χ1v) is 10.9. The van der Waals surface area contributed by atoms with Crippen LogP contribution in [-0.4, -0.2) is 28.0 Å². The van der Waals surface area contributed by atoms with E-state index >= 15 is 0 Å². The van der Waals surface area contributed by atoms with Crippen LogP contribution in [0.1, 0.15) is 74.7 Å². The van der Waals surface area contributed by atoms with Crippen LogP contribution >= 0.6 is 10.0 Å². The minimum atomic E-state index is -0.589. The van der Waals surface area contributed by atoms with E-state index in [-0.39, 0.29) is 0 Å². The number of hydrogen-bond donors (Lipinski definition) is 1. The molecule has 0 bridgehead atoms. The van der Waals surface area contributed by atoms with Gasteiger partial charge in [-0.1, -0.05) is 62.0 Å². The van der Waals surface area contributed by atoms with Crippen LogP contribution in [0, 0.1) is 5.92 Å². The van der Waals surface area contributed by atoms with Crippen molar-refractivity contribution >= 4 is 10.0 Å². The van der Waals surface area contributed by atoms with Crippen molar-refractivity contribution in [2.75, 3.05) is 12.3 Å². The molecule has 0 aliphatic carbocycles. The van der Waals surface area contributed by atoms with Crippen molar-refractivity contribution in [1.82, 2.24) is 5.32 Å². The Morgan fingerprint density at radius 1 is 1.00 bits per heavy atom. The summed E-state index contributed by atoms with van der Waals surface area (Å²) in [5.74, 6) is 2.10. The quantitative estimate of drug-likeness (QED) is 0.497. The van der Waals surface area contributed by atoms with E-state index in [1.165, 1.54) is 24.3 Å². The van der Waals surface area contributed by atoms with Crippen LogP contribution in [-0.2, 0) is 0 Å². The molecule has 0 saturated carbocycles. The van der Waals surface area contributed by atoms with Gasteiger partial charge in [-0.15, -0.1) is 0 Å². The molecular formula is C19H41NS. The maximum atomic E-state index is 4.20. The van der Waals surface area contributed by atoms with Gasteiger partial charge in [-0.25, -0.2) is 10.0 Å². The fourth-order valence-corrected chi connectivity index (χ4v) is 8.78. The first kappa shape index (κ1) is 20.9. The highest BCUT2D eigenvalue weighted by Crippen LogP contribution is 2.60. The van der Waals surface area contributed by atoms with Crippen molar-refractivity contribution in [3.8, 4) is 0 Å². The predicted molar refractivity (Wildman–Crippen MR) is 104 cm³/mol. The SMILES string of the molecule is C=C(CCC(C)C)NCCS(C(C)C)(C(C)C)C(C)CC. The third-order valence-corrected chi connectivity index (χ3v) is 11.2. The van der Waals surface area contributed by atoms with Crippen LogP contribution in [0.2, 0.25) is 0 Å². The highest BCUT2D eigenvalue weighted by molar-refractivity contribution is 8.35. The number of rotatable bonds is 11. The Balaban J connectivity index is 4.60. The van der Waals surface area contributed by atoms with Crippen molar-refractivity contribution in [2.45, 2.75) is 90.4 Å². The van der Waals surface area contributed by atoms with E-state index in [0.717, 1.165) is 34.6 Å². The molecule has 0 radical (unpaired) electrons. The van der Waals surface area contributed by atoms with Gasteiger partial charge in [-0.2, -0.15) is 0 Å². The summed E-state index contributed by atoms with van der Waals surface area (Å²) in [5, 5.41) is 6.07. The van der Waals surface area contributed by atoms with Gasteiger partial charge >= 0.3 is 0 Å². The first-order chi connectivity index (χ1) is 9.68. The Hall–Kier alpha value is -0.110. The molecule has 0 aliphatic heterocycles. The van der Waals surface area contributed by atoms with Crippen molar-refractivity contribution in [3.05, 3.63) is 12.3 Å². The highest BCUT2D eigenvalue weighted by atomic mass is 32.3. The molecule has 2 heteroatoms. The van der Waals surface area contributed by atoms with Gasteiger partial charge in [0.05, 0.1) is 0 Å². The van der Waals surface area contributed by atoms with Crippen LogP contribution in [0.4, 0.5) is 0 Å². The summed E-state index contributed by atoms with van der Waals surface area (Å²) in [6, 6.07) is 0. The van der Waals surface area contributed by atoms with E-state index < -0.39 is 10.0 Å². The van der Waals surface area contributed by atoms with Crippen molar-refractivity contribution < 1.29 is 0 Å². The average Bonchev–Trinajstić information content (AvgIpc) is 2.39. The minimum absolute atomic E-state index is 0.589. The van der Waals surface area contributed by atoms with E-state index in [1.807, 2.05) is 0 Å². The minimum Gasteiger partial charge on any atom is -0.388 e. The zero-order valence-electron chi connectivity index (χ0n) is 16.0. The number of hydrogen-bond acceptors (Lipinski definition) is 1. The normalized spacial score (nSPS) is 14.8. The van der Waals surface area contributed by atoms with E-state index in [0.29, 0.717) is 0 Å². The van der Waals surface area contributed by atoms with Gasteiger partial charge in [0.1, 0.15) is 0 Å². The standard InChI is InChI=1S/C19H41NS/c1-10-19(9)21(16(4)5,17(6)7)14-13-20-18(8)12-11-15(2)3/h15-17,19-20H,8,10-14H2,1-7,9H3. The lowest BCUT2D eigenvalue weighted by Gasteiger charge is -2.52. The molecule has 1 atom stereocenters.